The molecule has 2 aromatic heterocycles. The maximum atomic E-state index is 12.9. The van der Waals surface area contributed by atoms with Gasteiger partial charge in [0, 0.05) is 12.6 Å². The van der Waals surface area contributed by atoms with Crippen molar-refractivity contribution in [3.63, 3.8) is 0 Å². The van der Waals surface area contributed by atoms with Gasteiger partial charge in [-0.15, -0.1) is 0 Å². The molecule has 1 unspecified atom stereocenters. The van der Waals surface area contributed by atoms with E-state index in [-0.39, 0.29) is 6.42 Å². The number of pyridine rings is 1. The molecule has 2 heterocycles. The molecular weight excluding hydrogens is 222 g/mol. The molecule has 1 atom stereocenters. The molecule has 1 aliphatic rings. The molecule has 1 fully saturated rings. The lowest BCUT2D eigenvalue weighted by molar-refractivity contribution is 0.111. The van der Waals surface area contributed by atoms with E-state index >= 15 is 0 Å². The summed E-state index contributed by atoms with van der Waals surface area (Å²) in [5.41, 5.74) is 0.789. The second kappa shape index (κ2) is 2.70. The standard InChI is InChI=1S/C10H7ClF2N2/c11-6-1-2-7-4-14-9(15(7)5-6)8-3-10(8,12)13/h1-2,4-5,8H,3H2. The van der Waals surface area contributed by atoms with Gasteiger partial charge in [-0.05, 0) is 12.1 Å². The minimum Gasteiger partial charge on any atom is -0.302 e. The van der Waals surface area contributed by atoms with Crippen LogP contribution in [-0.4, -0.2) is 15.3 Å². The molecule has 0 spiro atoms. The molecule has 0 bridgehead atoms. The first-order valence-electron chi connectivity index (χ1n) is 4.58. The molecule has 2 aromatic rings. The first-order chi connectivity index (χ1) is 7.08. The number of nitrogens with zero attached hydrogens (tertiary/aromatic N) is 2. The minimum atomic E-state index is -2.59. The third-order valence-electron chi connectivity index (χ3n) is 2.66. The molecule has 3 rings (SSSR count). The number of fused-ring (bicyclic) bond motifs is 1. The third-order valence-corrected chi connectivity index (χ3v) is 2.88. The van der Waals surface area contributed by atoms with Crippen molar-refractivity contribution in [1.29, 1.82) is 0 Å². The van der Waals surface area contributed by atoms with Gasteiger partial charge in [0.1, 0.15) is 5.82 Å². The Kier molecular flexibility index (Phi) is 1.63. The number of aromatic nitrogens is 2. The molecule has 78 valence electrons. The maximum Gasteiger partial charge on any atom is 0.259 e. The Balaban J connectivity index is 2.16. The molecule has 0 radical (unpaired) electrons. The van der Waals surface area contributed by atoms with Crippen LogP contribution in [0.1, 0.15) is 18.2 Å². The smallest absolute Gasteiger partial charge is 0.259 e. The molecule has 15 heavy (non-hydrogen) atoms. The van der Waals surface area contributed by atoms with E-state index in [1.54, 1.807) is 28.9 Å². The van der Waals surface area contributed by atoms with Crippen LogP contribution in [0.5, 0.6) is 0 Å². The monoisotopic (exact) mass is 228 g/mol. The molecule has 1 aliphatic carbocycles. The van der Waals surface area contributed by atoms with Crippen LogP contribution >= 0.6 is 11.6 Å². The molecule has 0 aliphatic heterocycles. The summed E-state index contributed by atoms with van der Waals surface area (Å²) in [4.78, 5) is 4.02. The van der Waals surface area contributed by atoms with E-state index in [1.807, 2.05) is 0 Å². The van der Waals surface area contributed by atoms with Crippen LogP contribution in [0.4, 0.5) is 8.78 Å². The van der Waals surface area contributed by atoms with Gasteiger partial charge in [-0.25, -0.2) is 13.8 Å². The van der Waals surface area contributed by atoms with Gasteiger partial charge < -0.3 is 4.40 Å². The molecular formula is C10H7ClF2N2. The molecule has 0 aromatic carbocycles. The van der Waals surface area contributed by atoms with Crippen LogP contribution < -0.4 is 0 Å². The molecule has 0 N–H and O–H groups in total. The van der Waals surface area contributed by atoms with Crippen LogP contribution in [0.2, 0.25) is 5.02 Å². The lowest BCUT2D eigenvalue weighted by Crippen LogP contribution is -1.98. The second-order valence-electron chi connectivity index (χ2n) is 3.78. The van der Waals surface area contributed by atoms with E-state index in [0.717, 1.165) is 5.52 Å². The first kappa shape index (κ1) is 9.09. The topological polar surface area (TPSA) is 17.3 Å². The van der Waals surface area contributed by atoms with Gasteiger partial charge in [-0.2, -0.15) is 0 Å². The van der Waals surface area contributed by atoms with Gasteiger partial charge in [-0.3, -0.25) is 0 Å². The summed E-state index contributed by atoms with van der Waals surface area (Å²) in [6, 6.07) is 3.48. The summed E-state index contributed by atoms with van der Waals surface area (Å²) >= 11 is 5.81. The fourth-order valence-corrected chi connectivity index (χ4v) is 1.90. The summed E-state index contributed by atoms with van der Waals surface area (Å²) in [6.45, 7) is 0. The zero-order valence-corrected chi connectivity index (χ0v) is 8.38. The van der Waals surface area contributed by atoms with Crippen LogP contribution in [0, 0.1) is 0 Å². The predicted molar refractivity (Wildman–Crippen MR) is 52.5 cm³/mol. The Hall–Kier alpha value is -1.16. The molecule has 1 saturated carbocycles. The van der Waals surface area contributed by atoms with Crippen molar-refractivity contribution in [1.82, 2.24) is 9.38 Å². The van der Waals surface area contributed by atoms with Crippen LogP contribution in [-0.2, 0) is 0 Å². The van der Waals surface area contributed by atoms with Gasteiger partial charge in [0.05, 0.1) is 22.7 Å². The highest BCUT2D eigenvalue weighted by atomic mass is 35.5. The summed E-state index contributed by atoms with van der Waals surface area (Å²) in [7, 11) is 0. The fraction of sp³-hybridized carbons (Fsp3) is 0.300. The summed E-state index contributed by atoms with van der Waals surface area (Å²) in [5, 5.41) is 0.519. The highest BCUT2D eigenvalue weighted by Crippen LogP contribution is 2.55. The highest BCUT2D eigenvalue weighted by Gasteiger charge is 2.59. The third kappa shape index (κ3) is 1.32. The number of rotatable bonds is 1. The van der Waals surface area contributed by atoms with Gasteiger partial charge in [0.15, 0.2) is 0 Å². The van der Waals surface area contributed by atoms with E-state index in [0.29, 0.717) is 10.8 Å². The van der Waals surface area contributed by atoms with E-state index in [1.165, 1.54) is 0 Å². The maximum absolute atomic E-state index is 12.9. The molecule has 2 nitrogen and oxygen atoms in total. The zero-order valence-electron chi connectivity index (χ0n) is 7.62. The molecule has 0 saturated heterocycles. The molecule has 5 heteroatoms. The number of hydrogen-bond donors (Lipinski definition) is 0. The summed E-state index contributed by atoms with van der Waals surface area (Å²) in [6.07, 6.45) is 3.09. The number of imidazole rings is 1. The Morgan fingerprint density at radius 1 is 1.47 bits per heavy atom. The summed E-state index contributed by atoms with van der Waals surface area (Å²) in [5.74, 6) is -2.94. The van der Waals surface area contributed by atoms with Gasteiger partial charge in [0.25, 0.3) is 5.92 Å². The largest absolute Gasteiger partial charge is 0.302 e. The second-order valence-corrected chi connectivity index (χ2v) is 4.21. The van der Waals surface area contributed by atoms with Crippen molar-refractivity contribution in [3.8, 4) is 0 Å². The average Bonchev–Trinajstić information content (AvgIpc) is 2.64. The Morgan fingerprint density at radius 3 is 2.87 bits per heavy atom. The Bertz CT molecular complexity index is 535. The quantitative estimate of drug-likeness (QED) is 0.733. The van der Waals surface area contributed by atoms with E-state index in [2.05, 4.69) is 4.98 Å². The predicted octanol–water partition coefficient (Wildman–Crippen LogP) is 3.11. The molecule has 0 amide bonds. The SMILES string of the molecule is FC1(F)CC1c1ncc2ccc(Cl)cn12. The average molecular weight is 229 g/mol. The van der Waals surface area contributed by atoms with E-state index < -0.39 is 11.8 Å². The van der Waals surface area contributed by atoms with Crippen molar-refractivity contribution in [2.45, 2.75) is 18.3 Å². The van der Waals surface area contributed by atoms with Crippen molar-refractivity contribution in [2.24, 2.45) is 0 Å². The lowest BCUT2D eigenvalue weighted by atomic mass is 10.3. The van der Waals surface area contributed by atoms with Crippen molar-refractivity contribution < 1.29 is 8.78 Å². The number of alkyl halides is 2. The lowest BCUT2D eigenvalue weighted by Gasteiger charge is -2.00. The normalized spacial score (nSPS) is 23.3. The number of halogens is 3. The van der Waals surface area contributed by atoms with Crippen molar-refractivity contribution >= 4 is 17.1 Å². The van der Waals surface area contributed by atoms with Gasteiger partial charge >= 0.3 is 0 Å². The van der Waals surface area contributed by atoms with E-state index in [9.17, 15) is 8.78 Å². The van der Waals surface area contributed by atoms with Crippen LogP contribution in [0.25, 0.3) is 5.52 Å². The van der Waals surface area contributed by atoms with Gasteiger partial charge in [0.2, 0.25) is 0 Å². The summed E-state index contributed by atoms with van der Waals surface area (Å²) < 4.78 is 27.4. The van der Waals surface area contributed by atoms with Crippen LogP contribution in [0.3, 0.4) is 0 Å². The van der Waals surface area contributed by atoms with E-state index in [4.69, 9.17) is 11.6 Å². The number of hydrogen-bond acceptors (Lipinski definition) is 1. The Labute approximate surface area is 89.5 Å². The Morgan fingerprint density at radius 2 is 2.20 bits per heavy atom. The van der Waals surface area contributed by atoms with Crippen molar-refractivity contribution in [2.75, 3.05) is 0 Å². The highest BCUT2D eigenvalue weighted by molar-refractivity contribution is 6.30. The fourth-order valence-electron chi connectivity index (χ4n) is 1.74. The van der Waals surface area contributed by atoms with Gasteiger partial charge in [-0.1, -0.05) is 11.6 Å². The first-order valence-corrected chi connectivity index (χ1v) is 4.96. The zero-order chi connectivity index (χ0) is 10.6. The van der Waals surface area contributed by atoms with Crippen molar-refractivity contribution in [3.05, 3.63) is 35.4 Å². The van der Waals surface area contributed by atoms with Crippen LogP contribution in [0.15, 0.2) is 24.5 Å². The minimum absolute atomic E-state index is 0.112.